The van der Waals surface area contributed by atoms with Crippen molar-refractivity contribution in [2.24, 2.45) is 0 Å². The zero-order valence-corrected chi connectivity index (χ0v) is 15.3. The third-order valence-corrected chi connectivity index (χ3v) is 3.86. The summed E-state index contributed by atoms with van der Waals surface area (Å²) in [7, 11) is 0. The molecule has 1 aliphatic heterocycles. The molecule has 1 aromatic rings. The van der Waals surface area contributed by atoms with E-state index in [0.29, 0.717) is 0 Å². The quantitative estimate of drug-likeness (QED) is 0.757. The first kappa shape index (κ1) is 20.9. The van der Waals surface area contributed by atoms with E-state index in [-0.39, 0.29) is 36.7 Å². The SMILES string of the molecule is C=C(C)C[C@@H](c1cc(F)cc(Br)c1)N1CCNCC1.Cl.Cl. The third-order valence-electron chi connectivity index (χ3n) is 3.40. The van der Waals surface area contributed by atoms with Gasteiger partial charge in [-0.25, -0.2) is 4.39 Å². The molecule has 1 aromatic carbocycles. The van der Waals surface area contributed by atoms with E-state index in [1.807, 2.05) is 13.0 Å². The molecule has 0 spiro atoms. The van der Waals surface area contributed by atoms with Crippen molar-refractivity contribution >= 4 is 40.7 Å². The van der Waals surface area contributed by atoms with Crippen LogP contribution in [-0.4, -0.2) is 31.1 Å². The second kappa shape index (κ2) is 9.80. The summed E-state index contributed by atoms with van der Waals surface area (Å²) in [5.41, 5.74) is 2.15. The normalized spacial score (nSPS) is 16.5. The van der Waals surface area contributed by atoms with Gasteiger partial charge in [-0.3, -0.25) is 4.90 Å². The molecule has 1 atom stereocenters. The highest BCUT2D eigenvalue weighted by Crippen LogP contribution is 2.30. The van der Waals surface area contributed by atoms with Crippen LogP contribution in [0.1, 0.15) is 24.9 Å². The Hall–Kier alpha value is -0.130. The molecule has 6 heteroatoms. The highest BCUT2D eigenvalue weighted by atomic mass is 79.9. The molecular formula is C15H22BrCl2FN2. The lowest BCUT2D eigenvalue weighted by molar-refractivity contribution is 0.172. The maximum Gasteiger partial charge on any atom is 0.124 e. The maximum absolute atomic E-state index is 13.6. The topological polar surface area (TPSA) is 15.3 Å². The van der Waals surface area contributed by atoms with Crippen molar-refractivity contribution in [3.8, 4) is 0 Å². The van der Waals surface area contributed by atoms with Crippen LogP contribution < -0.4 is 5.32 Å². The predicted molar refractivity (Wildman–Crippen MR) is 95.2 cm³/mol. The smallest absolute Gasteiger partial charge is 0.124 e. The van der Waals surface area contributed by atoms with E-state index >= 15 is 0 Å². The lowest BCUT2D eigenvalue weighted by Gasteiger charge is -2.35. The predicted octanol–water partition coefficient (Wildman–Crippen LogP) is 4.34. The van der Waals surface area contributed by atoms with Crippen LogP contribution in [0, 0.1) is 5.82 Å². The van der Waals surface area contributed by atoms with Crippen LogP contribution in [0.3, 0.4) is 0 Å². The van der Waals surface area contributed by atoms with Crippen molar-refractivity contribution in [3.05, 3.63) is 46.2 Å². The number of hydrogen-bond acceptors (Lipinski definition) is 2. The Bertz CT molecular complexity index is 445. The zero-order chi connectivity index (χ0) is 13.8. The van der Waals surface area contributed by atoms with Gasteiger partial charge in [-0.1, -0.05) is 21.5 Å². The number of benzene rings is 1. The highest BCUT2D eigenvalue weighted by molar-refractivity contribution is 9.10. The number of halogens is 4. The Balaban J connectivity index is 0.00000200. The molecule has 1 heterocycles. The van der Waals surface area contributed by atoms with Crippen LogP contribution in [0.25, 0.3) is 0 Å². The molecule has 120 valence electrons. The molecule has 1 N–H and O–H groups in total. The van der Waals surface area contributed by atoms with Gasteiger partial charge in [-0.2, -0.15) is 0 Å². The molecule has 1 aliphatic rings. The molecule has 21 heavy (non-hydrogen) atoms. The Labute approximate surface area is 147 Å². The fraction of sp³-hybridized carbons (Fsp3) is 0.467. The summed E-state index contributed by atoms with van der Waals surface area (Å²) in [5, 5.41) is 3.35. The highest BCUT2D eigenvalue weighted by Gasteiger charge is 2.22. The fourth-order valence-electron chi connectivity index (χ4n) is 2.55. The molecule has 1 saturated heterocycles. The minimum Gasteiger partial charge on any atom is -0.314 e. The van der Waals surface area contributed by atoms with Crippen molar-refractivity contribution in [1.29, 1.82) is 0 Å². The van der Waals surface area contributed by atoms with Crippen molar-refractivity contribution in [2.45, 2.75) is 19.4 Å². The van der Waals surface area contributed by atoms with Crippen LogP contribution in [0.2, 0.25) is 0 Å². The maximum atomic E-state index is 13.6. The van der Waals surface area contributed by atoms with Gasteiger partial charge in [0.05, 0.1) is 0 Å². The molecule has 0 bridgehead atoms. The van der Waals surface area contributed by atoms with Gasteiger partial charge in [0, 0.05) is 36.7 Å². The average Bonchev–Trinajstić information content (AvgIpc) is 2.35. The molecule has 0 aliphatic carbocycles. The lowest BCUT2D eigenvalue weighted by Crippen LogP contribution is -2.45. The van der Waals surface area contributed by atoms with Gasteiger partial charge < -0.3 is 5.32 Å². The zero-order valence-electron chi connectivity index (χ0n) is 12.1. The Morgan fingerprint density at radius 2 is 1.95 bits per heavy atom. The number of nitrogens with one attached hydrogen (secondary N) is 1. The molecular weight excluding hydrogens is 378 g/mol. The summed E-state index contributed by atoms with van der Waals surface area (Å²) in [6, 6.07) is 5.37. The van der Waals surface area contributed by atoms with E-state index < -0.39 is 0 Å². The second-order valence-corrected chi connectivity index (χ2v) is 6.08. The summed E-state index contributed by atoms with van der Waals surface area (Å²) in [4.78, 5) is 2.41. The Morgan fingerprint density at radius 1 is 1.33 bits per heavy atom. The molecule has 0 radical (unpaired) electrons. The monoisotopic (exact) mass is 398 g/mol. The molecule has 0 unspecified atom stereocenters. The second-order valence-electron chi connectivity index (χ2n) is 5.17. The third kappa shape index (κ3) is 6.25. The summed E-state index contributed by atoms with van der Waals surface area (Å²) < 4.78 is 14.4. The minimum absolute atomic E-state index is 0. The van der Waals surface area contributed by atoms with Gasteiger partial charge in [0.15, 0.2) is 0 Å². The van der Waals surface area contributed by atoms with Crippen molar-refractivity contribution in [2.75, 3.05) is 26.2 Å². The van der Waals surface area contributed by atoms with E-state index in [0.717, 1.165) is 48.2 Å². The molecule has 0 amide bonds. The van der Waals surface area contributed by atoms with Crippen molar-refractivity contribution < 1.29 is 4.39 Å². The van der Waals surface area contributed by atoms with Gasteiger partial charge >= 0.3 is 0 Å². The van der Waals surface area contributed by atoms with Crippen LogP contribution in [-0.2, 0) is 0 Å². The standard InChI is InChI=1S/C15H20BrFN2.2ClH/c1-11(2)7-15(19-5-3-18-4-6-19)12-8-13(16)10-14(17)9-12;;/h8-10,15,18H,1,3-7H2,2H3;2*1H/t15-;;/m0../s1. The number of rotatable bonds is 4. The van der Waals surface area contributed by atoms with E-state index in [1.54, 1.807) is 6.07 Å². The van der Waals surface area contributed by atoms with E-state index in [1.165, 1.54) is 6.07 Å². The molecule has 0 saturated carbocycles. The first-order valence-electron chi connectivity index (χ1n) is 6.61. The molecule has 2 nitrogen and oxygen atoms in total. The Kier molecular flexibility index (Phi) is 9.74. The molecule has 2 rings (SSSR count). The van der Waals surface area contributed by atoms with Crippen molar-refractivity contribution in [1.82, 2.24) is 10.2 Å². The van der Waals surface area contributed by atoms with Gasteiger partial charge in [0.1, 0.15) is 5.82 Å². The largest absolute Gasteiger partial charge is 0.314 e. The number of piperazine rings is 1. The van der Waals surface area contributed by atoms with Crippen LogP contribution in [0.4, 0.5) is 4.39 Å². The number of nitrogens with zero attached hydrogens (tertiary/aromatic N) is 1. The summed E-state index contributed by atoms with van der Waals surface area (Å²) >= 11 is 3.38. The van der Waals surface area contributed by atoms with Gasteiger partial charge in [0.25, 0.3) is 0 Å². The van der Waals surface area contributed by atoms with Gasteiger partial charge in [-0.05, 0) is 37.1 Å². The van der Waals surface area contributed by atoms with Crippen LogP contribution in [0.5, 0.6) is 0 Å². The fourth-order valence-corrected chi connectivity index (χ4v) is 3.03. The van der Waals surface area contributed by atoms with Crippen LogP contribution in [0.15, 0.2) is 34.8 Å². The van der Waals surface area contributed by atoms with Crippen LogP contribution >= 0.6 is 40.7 Å². The molecule has 1 fully saturated rings. The van der Waals surface area contributed by atoms with Gasteiger partial charge in [0.2, 0.25) is 0 Å². The van der Waals surface area contributed by atoms with E-state index in [9.17, 15) is 4.39 Å². The first-order chi connectivity index (χ1) is 9.06. The number of hydrogen-bond donors (Lipinski definition) is 1. The summed E-state index contributed by atoms with van der Waals surface area (Å²) in [6.45, 7) is 10.0. The van der Waals surface area contributed by atoms with Crippen molar-refractivity contribution in [3.63, 3.8) is 0 Å². The van der Waals surface area contributed by atoms with Gasteiger partial charge in [-0.15, -0.1) is 31.4 Å². The Morgan fingerprint density at radius 3 is 2.48 bits per heavy atom. The first-order valence-corrected chi connectivity index (χ1v) is 7.40. The molecule has 0 aromatic heterocycles. The average molecular weight is 400 g/mol. The lowest BCUT2D eigenvalue weighted by atomic mass is 9.98. The minimum atomic E-state index is -0.189. The summed E-state index contributed by atoms with van der Waals surface area (Å²) in [5.74, 6) is -0.189. The summed E-state index contributed by atoms with van der Waals surface area (Å²) in [6.07, 6.45) is 0.871. The van der Waals surface area contributed by atoms with E-state index in [2.05, 4.69) is 32.7 Å². The van der Waals surface area contributed by atoms with E-state index in [4.69, 9.17) is 0 Å².